The Kier molecular flexibility index (Phi) is 1.86. The van der Waals surface area contributed by atoms with Gasteiger partial charge in [-0.2, -0.15) is 4.98 Å². The number of rotatable bonds is 2. The van der Waals surface area contributed by atoms with Gasteiger partial charge in [0.1, 0.15) is 0 Å². The van der Waals surface area contributed by atoms with Crippen LogP contribution in [-0.4, -0.2) is 15.1 Å². The van der Waals surface area contributed by atoms with Crippen LogP contribution in [0.25, 0.3) is 10.7 Å². The second-order valence-electron chi connectivity index (χ2n) is 3.80. The van der Waals surface area contributed by atoms with E-state index in [9.17, 15) is 0 Å². The summed E-state index contributed by atoms with van der Waals surface area (Å²) in [7, 11) is 0. The van der Waals surface area contributed by atoms with Crippen molar-refractivity contribution >= 4 is 11.3 Å². The fraction of sp³-hybridized carbons (Fsp3) is 0.444. The smallest absolute Gasteiger partial charge is 0.247 e. The molecule has 6 heteroatoms. The van der Waals surface area contributed by atoms with Crippen LogP contribution in [-0.2, 0) is 5.54 Å². The van der Waals surface area contributed by atoms with E-state index in [1.54, 1.807) is 11.7 Å². The molecule has 0 saturated heterocycles. The van der Waals surface area contributed by atoms with Gasteiger partial charge in [0, 0.05) is 6.20 Å². The molecule has 0 aliphatic heterocycles. The third-order valence-electron chi connectivity index (χ3n) is 2.75. The zero-order valence-corrected chi connectivity index (χ0v) is 8.83. The summed E-state index contributed by atoms with van der Waals surface area (Å²) >= 11 is 1.49. The predicted octanol–water partition coefficient (Wildman–Crippen LogP) is 1.53. The molecule has 3 rings (SSSR count). The number of nitrogens with zero attached hydrogens (tertiary/aromatic N) is 3. The summed E-state index contributed by atoms with van der Waals surface area (Å²) < 4.78 is 5.19. The first kappa shape index (κ1) is 8.99. The number of hydrogen-bond acceptors (Lipinski definition) is 6. The molecular formula is C9H10N4OS. The normalized spacial score (nSPS) is 18.7. The number of thiazole rings is 1. The second kappa shape index (κ2) is 3.11. The maximum atomic E-state index is 6.08. The lowest BCUT2D eigenvalue weighted by molar-refractivity contribution is 0.181. The standard InChI is InChI=1S/C9H10N4OS/c10-9(2-1-3-9)8-12-7(13-14-8)6-4-11-5-15-6/h4-5H,1-3,10H2. The van der Waals surface area contributed by atoms with Crippen LogP contribution in [0.1, 0.15) is 25.2 Å². The van der Waals surface area contributed by atoms with Crippen LogP contribution in [0.15, 0.2) is 16.2 Å². The Morgan fingerprint density at radius 2 is 2.33 bits per heavy atom. The van der Waals surface area contributed by atoms with Gasteiger partial charge in [-0.3, -0.25) is 4.98 Å². The quantitative estimate of drug-likeness (QED) is 0.833. The molecular weight excluding hydrogens is 212 g/mol. The minimum Gasteiger partial charge on any atom is -0.337 e. The van der Waals surface area contributed by atoms with Crippen molar-refractivity contribution in [2.45, 2.75) is 24.8 Å². The summed E-state index contributed by atoms with van der Waals surface area (Å²) in [6.07, 6.45) is 4.71. The van der Waals surface area contributed by atoms with Gasteiger partial charge in [-0.1, -0.05) is 5.16 Å². The van der Waals surface area contributed by atoms with Crippen LogP contribution in [0.2, 0.25) is 0 Å². The van der Waals surface area contributed by atoms with E-state index in [2.05, 4.69) is 15.1 Å². The van der Waals surface area contributed by atoms with E-state index in [1.807, 2.05) is 0 Å². The van der Waals surface area contributed by atoms with Crippen molar-refractivity contribution in [1.29, 1.82) is 0 Å². The predicted molar refractivity (Wildman–Crippen MR) is 55.1 cm³/mol. The highest BCUT2D eigenvalue weighted by Gasteiger charge is 2.40. The minimum atomic E-state index is -0.379. The molecule has 2 heterocycles. The topological polar surface area (TPSA) is 77.8 Å². The number of aromatic nitrogens is 3. The lowest BCUT2D eigenvalue weighted by Crippen LogP contribution is -2.43. The molecule has 0 bridgehead atoms. The summed E-state index contributed by atoms with van der Waals surface area (Å²) in [5.74, 6) is 1.14. The van der Waals surface area contributed by atoms with Gasteiger partial charge in [0.2, 0.25) is 11.7 Å². The average Bonchev–Trinajstić information content (AvgIpc) is 2.84. The highest BCUT2D eigenvalue weighted by atomic mass is 32.1. The van der Waals surface area contributed by atoms with Crippen molar-refractivity contribution in [1.82, 2.24) is 15.1 Å². The summed E-state index contributed by atoms with van der Waals surface area (Å²) in [5.41, 5.74) is 7.45. The maximum Gasteiger partial charge on any atom is 0.247 e. The summed E-state index contributed by atoms with van der Waals surface area (Å²) in [5, 5.41) is 3.91. The molecule has 0 spiro atoms. The number of nitrogens with two attached hydrogens (primary N) is 1. The Labute approximate surface area is 90.3 Å². The largest absolute Gasteiger partial charge is 0.337 e. The van der Waals surface area contributed by atoms with Gasteiger partial charge >= 0.3 is 0 Å². The molecule has 0 atom stereocenters. The first-order valence-corrected chi connectivity index (χ1v) is 5.68. The molecule has 0 aromatic carbocycles. The van der Waals surface area contributed by atoms with Gasteiger partial charge in [0.25, 0.3) is 0 Å². The lowest BCUT2D eigenvalue weighted by Gasteiger charge is -2.33. The van der Waals surface area contributed by atoms with Crippen molar-refractivity contribution in [3.05, 3.63) is 17.6 Å². The van der Waals surface area contributed by atoms with Crippen molar-refractivity contribution in [3.63, 3.8) is 0 Å². The van der Waals surface area contributed by atoms with E-state index in [1.165, 1.54) is 11.3 Å². The average molecular weight is 222 g/mol. The molecule has 1 saturated carbocycles. The lowest BCUT2D eigenvalue weighted by atomic mass is 9.78. The maximum absolute atomic E-state index is 6.08. The SMILES string of the molecule is NC1(c2nc(-c3cncs3)no2)CCC1. The van der Waals surface area contributed by atoms with Gasteiger partial charge in [0.05, 0.1) is 15.9 Å². The molecule has 2 aromatic rings. The van der Waals surface area contributed by atoms with Crippen molar-refractivity contribution in [2.75, 3.05) is 0 Å². The van der Waals surface area contributed by atoms with Crippen LogP contribution in [0.4, 0.5) is 0 Å². The molecule has 0 unspecified atom stereocenters. The Balaban J connectivity index is 1.94. The zero-order chi connectivity index (χ0) is 10.3. The van der Waals surface area contributed by atoms with Crippen LogP contribution in [0.3, 0.4) is 0 Å². The Bertz CT molecular complexity index is 460. The van der Waals surface area contributed by atoms with E-state index >= 15 is 0 Å². The summed E-state index contributed by atoms with van der Waals surface area (Å²) in [6.45, 7) is 0. The monoisotopic (exact) mass is 222 g/mol. The third kappa shape index (κ3) is 1.37. The molecule has 1 aliphatic carbocycles. The molecule has 1 fully saturated rings. The summed E-state index contributed by atoms with van der Waals surface area (Å²) in [6, 6.07) is 0. The highest BCUT2D eigenvalue weighted by molar-refractivity contribution is 7.13. The van der Waals surface area contributed by atoms with E-state index in [4.69, 9.17) is 10.3 Å². The van der Waals surface area contributed by atoms with Crippen molar-refractivity contribution in [2.24, 2.45) is 5.73 Å². The van der Waals surface area contributed by atoms with Gasteiger partial charge in [0.15, 0.2) is 0 Å². The fourth-order valence-corrected chi connectivity index (χ4v) is 2.17. The van der Waals surface area contributed by atoms with E-state index < -0.39 is 0 Å². The van der Waals surface area contributed by atoms with Gasteiger partial charge in [-0.15, -0.1) is 11.3 Å². The first-order chi connectivity index (χ1) is 7.28. The van der Waals surface area contributed by atoms with Crippen LogP contribution < -0.4 is 5.73 Å². The molecule has 0 amide bonds. The van der Waals surface area contributed by atoms with Gasteiger partial charge in [-0.25, -0.2) is 0 Å². The molecule has 0 radical (unpaired) electrons. The van der Waals surface area contributed by atoms with E-state index in [0.717, 1.165) is 24.1 Å². The number of hydrogen-bond donors (Lipinski definition) is 1. The summed E-state index contributed by atoms with van der Waals surface area (Å²) in [4.78, 5) is 9.19. The van der Waals surface area contributed by atoms with Crippen LogP contribution in [0.5, 0.6) is 0 Å². The molecule has 1 aliphatic rings. The third-order valence-corrected chi connectivity index (χ3v) is 3.52. The van der Waals surface area contributed by atoms with Gasteiger partial charge < -0.3 is 10.3 Å². The molecule has 2 aromatic heterocycles. The molecule has 78 valence electrons. The van der Waals surface area contributed by atoms with Crippen molar-refractivity contribution in [3.8, 4) is 10.7 Å². The molecule has 15 heavy (non-hydrogen) atoms. The zero-order valence-electron chi connectivity index (χ0n) is 8.01. The van der Waals surface area contributed by atoms with Gasteiger partial charge in [-0.05, 0) is 19.3 Å². The first-order valence-electron chi connectivity index (χ1n) is 4.80. The molecule has 2 N–H and O–H groups in total. The second-order valence-corrected chi connectivity index (χ2v) is 4.68. The molecule has 5 nitrogen and oxygen atoms in total. The van der Waals surface area contributed by atoms with Crippen molar-refractivity contribution < 1.29 is 4.52 Å². The Morgan fingerprint density at radius 3 is 2.93 bits per heavy atom. The Morgan fingerprint density at radius 1 is 1.47 bits per heavy atom. The van der Waals surface area contributed by atoms with Crippen LogP contribution >= 0.6 is 11.3 Å². The Hall–Kier alpha value is -1.27. The fourth-order valence-electron chi connectivity index (χ4n) is 1.62. The van der Waals surface area contributed by atoms with E-state index in [-0.39, 0.29) is 5.54 Å². The van der Waals surface area contributed by atoms with E-state index in [0.29, 0.717) is 11.7 Å². The highest BCUT2D eigenvalue weighted by Crippen LogP contribution is 2.38. The van der Waals surface area contributed by atoms with Crippen LogP contribution in [0, 0.1) is 0 Å². The minimum absolute atomic E-state index is 0.379.